The fraction of sp³-hybridized carbons (Fsp3) is 0.500. The number of alkyl halides is 3. The lowest BCUT2D eigenvalue weighted by atomic mass is 9.81. The maximum atomic E-state index is 15.1. The van der Waals surface area contributed by atoms with Gasteiger partial charge in [-0.25, -0.2) is 9.18 Å². The average molecular weight is 607 g/mol. The second kappa shape index (κ2) is 11.7. The van der Waals surface area contributed by atoms with Crippen LogP contribution in [0.2, 0.25) is 0 Å². The number of aromatic amines is 1. The summed E-state index contributed by atoms with van der Waals surface area (Å²) in [4.78, 5) is 33.2. The van der Waals surface area contributed by atoms with Gasteiger partial charge in [0.15, 0.2) is 17.3 Å². The number of halogens is 4. The number of fused-ring (bicyclic) bond motifs is 3. The van der Waals surface area contributed by atoms with Crippen molar-refractivity contribution in [1.29, 1.82) is 0 Å². The quantitative estimate of drug-likeness (QED) is 0.264. The molecule has 0 radical (unpaired) electrons. The van der Waals surface area contributed by atoms with Crippen LogP contribution in [0.15, 0.2) is 28.9 Å². The van der Waals surface area contributed by atoms with Crippen molar-refractivity contribution in [2.24, 2.45) is 0 Å². The van der Waals surface area contributed by atoms with Crippen LogP contribution < -0.4 is 4.74 Å². The highest BCUT2D eigenvalue weighted by Crippen LogP contribution is 2.45. The van der Waals surface area contributed by atoms with Crippen molar-refractivity contribution in [3.63, 3.8) is 0 Å². The van der Waals surface area contributed by atoms with Crippen molar-refractivity contribution < 1.29 is 41.1 Å². The average Bonchev–Trinajstić information content (AvgIpc) is 3.48. The molecule has 0 atom stereocenters. The van der Waals surface area contributed by atoms with Gasteiger partial charge < -0.3 is 23.9 Å². The molecule has 9 nitrogen and oxygen atoms in total. The number of carbonyl (C=O) groups is 2. The van der Waals surface area contributed by atoms with Crippen LogP contribution in [0, 0.1) is 5.82 Å². The van der Waals surface area contributed by atoms with Crippen LogP contribution in [0.1, 0.15) is 74.3 Å². The second-order valence-electron chi connectivity index (χ2n) is 11.8. The lowest BCUT2D eigenvalue weighted by molar-refractivity contribution is -0.141. The van der Waals surface area contributed by atoms with Gasteiger partial charge in [-0.1, -0.05) is 25.4 Å². The number of carbonyl (C=O) groups excluding carboxylic acids is 2. The fourth-order valence-corrected chi connectivity index (χ4v) is 5.70. The number of aromatic nitrogens is 2. The Morgan fingerprint density at radius 2 is 1.88 bits per heavy atom. The Balaban J connectivity index is 1.47. The summed E-state index contributed by atoms with van der Waals surface area (Å²) in [6, 6.07) is 3.84. The standard InChI is InChI=1S/C30H34F4N4O5/c1-17(2)42-28(40)19-15-38(16-29(3,4)23-22-25(30(32,33)34)36-43-26(22)35-24(19)23)27(39)18-8-9-21(20(31)14-18)41-13-12-37-10-6-5-7-11-37/h8-9,14-15,17,35H,5-7,10-13,16H2,1-4H3. The van der Waals surface area contributed by atoms with Gasteiger partial charge in [0.2, 0.25) is 5.71 Å². The van der Waals surface area contributed by atoms with E-state index in [4.69, 9.17) is 14.0 Å². The van der Waals surface area contributed by atoms with Crippen molar-refractivity contribution in [1.82, 2.24) is 19.9 Å². The van der Waals surface area contributed by atoms with Crippen LogP contribution in [0.25, 0.3) is 16.7 Å². The highest BCUT2D eigenvalue weighted by molar-refractivity contribution is 6.18. The van der Waals surface area contributed by atoms with Gasteiger partial charge in [0.25, 0.3) is 5.91 Å². The van der Waals surface area contributed by atoms with Gasteiger partial charge in [0, 0.05) is 30.3 Å². The van der Waals surface area contributed by atoms with E-state index in [1.807, 2.05) is 0 Å². The maximum absolute atomic E-state index is 15.1. The highest BCUT2D eigenvalue weighted by Gasteiger charge is 2.45. The van der Waals surface area contributed by atoms with Gasteiger partial charge >= 0.3 is 12.1 Å². The third-order valence-electron chi connectivity index (χ3n) is 7.61. The minimum Gasteiger partial charge on any atom is -0.489 e. The maximum Gasteiger partial charge on any atom is 0.437 e. The normalized spacial score (nSPS) is 17.5. The molecular weight excluding hydrogens is 572 g/mol. The Morgan fingerprint density at radius 3 is 2.53 bits per heavy atom. The molecule has 1 fully saturated rings. The van der Waals surface area contributed by atoms with E-state index in [9.17, 15) is 22.8 Å². The van der Waals surface area contributed by atoms with Crippen molar-refractivity contribution in [3.05, 3.63) is 52.7 Å². The first-order chi connectivity index (χ1) is 20.3. The molecule has 3 aromatic rings. The van der Waals surface area contributed by atoms with Crippen LogP contribution in [-0.2, 0) is 21.1 Å². The molecule has 0 saturated carbocycles. The van der Waals surface area contributed by atoms with Crippen molar-refractivity contribution in [2.75, 3.05) is 32.8 Å². The molecule has 43 heavy (non-hydrogen) atoms. The number of ether oxygens (including phenoxy) is 2. The molecular formula is C30H34F4N4O5. The van der Waals surface area contributed by atoms with E-state index in [0.29, 0.717) is 13.2 Å². The third kappa shape index (κ3) is 6.27. The number of piperidine rings is 1. The minimum atomic E-state index is -4.84. The fourth-order valence-electron chi connectivity index (χ4n) is 5.70. The number of hydrogen-bond donors (Lipinski definition) is 1. The van der Waals surface area contributed by atoms with Gasteiger partial charge in [-0.3, -0.25) is 9.69 Å². The first-order valence-electron chi connectivity index (χ1n) is 14.2. The van der Waals surface area contributed by atoms with E-state index in [1.165, 1.54) is 29.7 Å². The number of hydrogen-bond acceptors (Lipinski definition) is 7. The summed E-state index contributed by atoms with van der Waals surface area (Å²) in [6.45, 7) is 9.28. The molecule has 0 unspecified atom stereocenters. The first kappa shape index (κ1) is 30.6. The summed E-state index contributed by atoms with van der Waals surface area (Å²) in [5.41, 5.74) is -2.74. The van der Waals surface area contributed by atoms with Crippen LogP contribution in [0.4, 0.5) is 17.6 Å². The van der Waals surface area contributed by atoms with E-state index < -0.39 is 41.1 Å². The van der Waals surface area contributed by atoms with E-state index in [-0.39, 0.29) is 45.8 Å². The molecule has 1 N–H and O–H groups in total. The Labute approximate surface area is 245 Å². The van der Waals surface area contributed by atoms with Crippen LogP contribution in [-0.4, -0.2) is 70.7 Å². The monoisotopic (exact) mass is 606 g/mol. The van der Waals surface area contributed by atoms with Crippen LogP contribution in [0.3, 0.4) is 0 Å². The van der Waals surface area contributed by atoms with Gasteiger partial charge in [-0.2, -0.15) is 13.2 Å². The summed E-state index contributed by atoms with van der Waals surface area (Å²) in [6.07, 6.45) is -0.714. The molecule has 0 aliphatic carbocycles. The number of esters is 1. The lowest BCUT2D eigenvalue weighted by Gasteiger charge is -2.29. The summed E-state index contributed by atoms with van der Waals surface area (Å²) in [5, 5.41) is 2.88. The summed E-state index contributed by atoms with van der Waals surface area (Å²) >= 11 is 0. The molecule has 13 heteroatoms. The smallest absolute Gasteiger partial charge is 0.437 e. The topological polar surface area (TPSA) is 101 Å². The molecule has 0 spiro atoms. The SMILES string of the molecule is CC(C)OC(=O)C1=CN(C(=O)c2ccc(OCCN3CCCCC3)c(F)c2)CC(C)(C)c2c1[nH]c1onc(C(F)(F)F)c21. The molecule has 2 aromatic heterocycles. The van der Waals surface area contributed by atoms with Gasteiger partial charge in [-0.15, -0.1) is 0 Å². The van der Waals surface area contributed by atoms with E-state index in [2.05, 4.69) is 15.0 Å². The lowest BCUT2D eigenvalue weighted by Crippen LogP contribution is -2.37. The molecule has 2 aliphatic rings. The largest absolute Gasteiger partial charge is 0.489 e. The predicted octanol–water partition coefficient (Wildman–Crippen LogP) is 5.90. The number of likely N-dealkylation sites (tertiary alicyclic amines) is 1. The van der Waals surface area contributed by atoms with Crippen molar-refractivity contribution in [3.8, 4) is 5.75 Å². The number of nitrogens with one attached hydrogen (secondary N) is 1. The summed E-state index contributed by atoms with van der Waals surface area (Å²) in [7, 11) is 0. The number of amides is 1. The number of rotatable bonds is 7. The Kier molecular flexibility index (Phi) is 8.30. The molecule has 0 bridgehead atoms. The van der Waals surface area contributed by atoms with Crippen molar-refractivity contribution >= 4 is 28.5 Å². The van der Waals surface area contributed by atoms with Gasteiger partial charge in [0.05, 0.1) is 22.8 Å². The zero-order chi connectivity index (χ0) is 31.1. The van der Waals surface area contributed by atoms with Gasteiger partial charge in [0.1, 0.15) is 6.61 Å². The molecule has 5 rings (SSSR count). The van der Waals surface area contributed by atoms with Crippen LogP contribution in [0.5, 0.6) is 5.75 Å². The molecule has 2 aliphatic heterocycles. The van der Waals surface area contributed by atoms with E-state index >= 15 is 4.39 Å². The molecule has 4 heterocycles. The Bertz CT molecular complexity index is 1550. The highest BCUT2D eigenvalue weighted by atomic mass is 19.4. The number of nitrogens with zero attached hydrogens (tertiary/aromatic N) is 3. The van der Waals surface area contributed by atoms with Crippen molar-refractivity contribution in [2.45, 2.75) is 64.7 Å². The molecule has 1 aromatic carbocycles. The zero-order valence-electron chi connectivity index (χ0n) is 24.4. The summed E-state index contributed by atoms with van der Waals surface area (Å²) < 4.78 is 72.7. The Hall–Kier alpha value is -3.87. The molecule has 1 saturated heterocycles. The number of H-pyrrole nitrogens is 1. The third-order valence-corrected chi connectivity index (χ3v) is 7.61. The van der Waals surface area contributed by atoms with E-state index in [1.54, 1.807) is 27.7 Å². The summed E-state index contributed by atoms with van der Waals surface area (Å²) in [5.74, 6) is -2.25. The number of benzene rings is 1. The molecule has 232 valence electrons. The second-order valence-corrected chi connectivity index (χ2v) is 11.8. The van der Waals surface area contributed by atoms with Gasteiger partial charge in [-0.05, 0) is 63.5 Å². The molecule has 1 amide bonds. The zero-order valence-corrected chi connectivity index (χ0v) is 24.4. The predicted molar refractivity (Wildman–Crippen MR) is 149 cm³/mol. The minimum absolute atomic E-state index is 0.00556. The first-order valence-corrected chi connectivity index (χ1v) is 14.2. The van der Waals surface area contributed by atoms with E-state index in [0.717, 1.165) is 32.0 Å². The van der Waals surface area contributed by atoms with Crippen LogP contribution >= 0.6 is 0 Å². The Morgan fingerprint density at radius 1 is 1.16 bits per heavy atom.